The molecule has 2 aromatic heterocycles. The van der Waals surface area contributed by atoms with Crippen molar-refractivity contribution in [2.75, 3.05) is 18.9 Å². The van der Waals surface area contributed by atoms with Crippen LogP contribution in [-0.2, 0) is 4.74 Å². The molecule has 21 heavy (non-hydrogen) atoms. The van der Waals surface area contributed by atoms with E-state index in [4.69, 9.17) is 10.5 Å². The third-order valence-electron chi connectivity index (χ3n) is 3.73. The summed E-state index contributed by atoms with van der Waals surface area (Å²) in [6.45, 7) is 1.66. The number of fused-ring (bicyclic) bond motifs is 1. The Hall–Kier alpha value is -2.06. The summed E-state index contributed by atoms with van der Waals surface area (Å²) in [6, 6.07) is -0.344. The Morgan fingerprint density at radius 1 is 1.52 bits per heavy atom. The van der Waals surface area contributed by atoms with Gasteiger partial charge in [0.1, 0.15) is 23.3 Å². The number of nitrogen functional groups attached to an aromatic ring is 1. The Kier molecular flexibility index (Phi) is 3.34. The van der Waals surface area contributed by atoms with Gasteiger partial charge in [-0.25, -0.2) is 19.3 Å². The van der Waals surface area contributed by atoms with Gasteiger partial charge in [0.15, 0.2) is 11.5 Å². The van der Waals surface area contributed by atoms with Gasteiger partial charge in [0.2, 0.25) is 0 Å². The Balaban J connectivity index is 2.00. The van der Waals surface area contributed by atoms with Crippen LogP contribution < -0.4 is 5.73 Å². The number of halogens is 1. The quantitative estimate of drug-likeness (QED) is 0.871. The normalized spacial score (nSPS) is 25.5. The van der Waals surface area contributed by atoms with Crippen LogP contribution in [-0.4, -0.2) is 43.4 Å². The van der Waals surface area contributed by atoms with Gasteiger partial charge in [-0.05, 0) is 13.0 Å². The van der Waals surface area contributed by atoms with Crippen molar-refractivity contribution in [3.63, 3.8) is 0 Å². The zero-order valence-corrected chi connectivity index (χ0v) is 11.5. The first-order valence-electron chi connectivity index (χ1n) is 6.67. The zero-order valence-electron chi connectivity index (χ0n) is 11.5. The number of rotatable bonds is 4. The number of imidazole rings is 1. The van der Waals surface area contributed by atoms with Crippen LogP contribution in [0.2, 0.25) is 0 Å². The molecular weight excluding hydrogens is 277 g/mol. The Bertz CT molecular complexity index is 701. The van der Waals surface area contributed by atoms with E-state index in [1.165, 1.54) is 12.4 Å². The Morgan fingerprint density at radius 2 is 2.33 bits per heavy atom. The van der Waals surface area contributed by atoms with Gasteiger partial charge in [-0.15, -0.1) is 0 Å². The highest BCUT2D eigenvalue weighted by molar-refractivity contribution is 5.81. The summed E-state index contributed by atoms with van der Waals surface area (Å²) in [7, 11) is 0. The third-order valence-corrected chi connectivity index (χ3v) is 3.73. The maximum Gasteiger partial charge on any atom is 0.165 e. The summed E-state index contributed by atoms with van der Waals surface area (Å²) in [5, 5.41) is 9.51. The van der Waals surface area contributed by atoms with Crippen LogP contribution in [0.3, 0.4) is 0 Å². The van der Waals surface area contributed by atoms with Crippen molar-refractivity contribution in [3.8, 4) is 0 Å². The Morgan fingerprint density at radius 3 is 3.05 bits per heavy atom. The molecule has 0 unspecified atom stereocenters. The second-order valence-electron chi connectivity index (χ2n) is 4.95. The Labute approximate surface area is 120 Å². The molecule has 0 fully saturated rings. The predicted octanol–water partition coefficient (Wildman–Crippen LogP) is 0.974. The number of aliphatic hydroxyl groups is 1. The molecule has 0 amide bonds. The molecule has 0 saturated carbocycles. The number of allylic oxidation sites excluding steroid dienone is 1. The number of nitrogens with zero attached hydrogens (tertiary/aromatic N) is 4. The molecular formula is C13H16FN5O2. The van der Waals surface area contributed by atoms with Crippen molar-refractivity contribution in [2.24, 2.45) is 0 Å². The number of aliphatic hydroxyl groups excluding tert-OH is 1. The van der Waals surface area contributed by atoms with Crippen LogP contribution in [0.15, 0.2) is 24.6 Å². The number of nitrogens with two attached hydrogens (primary N) is 1. The average Bonchev–Trinajstić information content (AvgIpc) is 3.03. The molecule has 0 aromatic carbocycles. The molecule has 8 heteroatoms. The van der Waals surface area contributed by atoms with E-state index in [0.717, 1.165) is 0 Å². The molecule has 0 aliphatic heterocycles. The molecule has 2 heterocycles. The number of hydrogen-bond acceptors (Lipinski definition) is 6. The van der Waals surface area contributed by atoms with Crippen LogP contribution in [0.4, 0.5) is 10.2 Å². The standard InChI is InChI=1S/C13H16FN5O2/c1-2-21-13(5-20)4-8(3-9(13)14)19-7-18-10-11(15)16-6-17-12(10)19/h3,6-8,20H,2,4-5H2,1H3,(H2,15,16,17)/t8-,13+/m1/s1. The molecule has 112 valence electrons. The first-order chi connectivity index (χ1) is 10.1. The number of aromatic nitrogens is 4. The first-order valence-corrected chi connectivity index (χ1v) is 6.67. The van der Waals surface area contributed by atoms with Gasteiger partial charge in [0.25, 0.3) is 0 Å². The molecule has 0 bridgehead atoms. The second-order valence-corrected chi connectivity index (χ2v) is 4.95. The van der Waals surface area contributed by atoms with Crippen molar-refractivity contribution < 1.29 is 14.2 Å². The fourth-order valence-corrected chi connectivity index (χ4v) is 2.70. The van der Waals surface area contributed by atoms with E-state index in [0.29, 0.717) is 17.8 Å². The minimum Gasteiger partial charge on any atom is -0.393 e. The van der Waals surface area contributed by atoms with Gasteiger partial charge in [-0.2, -0.15) is 0 Å². The van der Waals surface area contributed by atoms with Crippen molar-refractivity contribution in [1.29, 1.82) is 0 Å². The van der Waals surface area contributed by atoms with Gasteiger partial charge in [-0.3, -0.25) is 0 Å². The molecule has 7 nitrogen and oxygen atoms in total. The van der Waals surface area contributed by atoms with Crippen LogP contribution >= 0.6 is 0 Å². The van der Waals surface area contributed by atoms with E-state index in [2.05, 4.69) is 15.0 Å². The lowest BCUT2D eigenvalue weighted by molar-refractivity contribution is -0.0627. The minimum atomic E-state index is -1.28. The molecule has 3 N–H and O–H groups in total. The molecule has 2 atom stereocenters. The summed E-state index contributed by atoms with van der Waals surface area (Å²) in [5.74, 6) is -0.194. The van der Waals surface area contributed by atoms with E-state index in [9.17, 15) is 9.50 Å². The molecule has 3 rings (SSSR count). The van der Waals surface area contributed by atoms with Crippen LogP contribution in [0.1, 0.15) is 19.4 Å². The fraction of sp³-hybridized carbons (Fsp3) is 0.462. The van der Waals surface area contributed by atoms with Crippen LogP contribution in [0.25, 0.3) is 11.2 Å². The fourth-order valence-electron chi connectivity index (χ4n) is 2.70. The number of anilines is 1. The van der Waals surface area contributed by atoms with Crippen LogP contribution in [0, 0.1) is 0 Å². The predicted molar refractivity (Wildman–Crippen MR) is 74.0 cm³/mol. The molecule has 1 aliphatic carbocycles. The monoisotopic (exact) mass is 293 g/mol. The van der Waals surface area contributed by atoms with Gasteiger partial charge in [-0.1, -0.05) is 0 Å². The summed E-state index contributed by atoms with van der Waals surface area (Å²) in [6.07, 6.45) is 4.58. The summed E-state index contributed by atoms with van der Waals surface area (Å²) in [4.78, 5) is 12.2. The van der Waals surface area contributed by atoms with E-state index in [-0.39, 0.29) is 18.3 Å². The highest BCUT2D eigenvalue weighted by Gasteiger charge is 2.44. The maximum absolute atomic E-state index is 14.2. The molecule has 1 aliphatic rings. The van der Waals surface area contributed by atoms with Crippen LogP contribution in [0.5, 0.6) is 0 Å². The molecule has 0 radical (unpaired) electrons. The summed E-state index contributed by atoms with van der Waals surface area (Å²) in [5.41, 5.74) is 5.46. The lowest BCUT2D eigenvalue weighted by Crippen LogP contribution is -2.36. The highest BCUT2D eigenvalue weighted by Crippen LogP contribution is 2.41. The number of ether oxygens (including phenoxy) is 1. The van der Waals surface area contributed by atoms with E-state index < -0.39 is 18.0 Å². The molecule has 0 spiro atoms. The zero-order chi connectivity index (χ0) is 15.0. The van der Waals surface area contributed by atoms with Gasteiger partial charge in [0, 0.05) is 13.0 Å². The maximum atomic E-state index is 14.2. The SMILES string of the molecule is CCO[C@]1(CO)C[C@H](n2cnc3c(N)ncnc32)C=C1F. The summed E-state index contributed by atoms with van der Waals surface area (Å²) >= 11 is 0. The average molecular weight is 293 g/mol. The summed E-state index contributed by atoms with van der Waals surface area (Å²) < 4.78 is 21.4. The third kappa shape index (κ3) is 2.07. The van der Waals surface area contributed by atoms with E-state index >= 15 is 0 Å². The van der Waals surface area contributed by atoms with Crippen molar-refractivity contribution in [2.45, 2.75) is 25.0 Å². The second kappa shape index (κ2) is 5.05. The highest BCUT2D eigenvalue weighted by atomic mass is 19.1. The van der Waals surface area contributed by atoms with Crippen molar-refractivity contribution in [1.82, 2.24) is 19.5 Å². The largest absolute Gasteiger partial charge is 0.393 e. The van der Waals surface area contributed by atoms with Gasteiger partial charge in [0.05, 0.1) is 19.0 Å². The molecule has 2 aromatic rings. The van der Waals surface area contributed by atoms with Crippen molar-refractivity contribution in [3.05, 3.63) is 24.6 Å². The van der Waals surface area contributed by atoms with Crippen molar-refractivity contribution >= 4 is 17.0 Å². The lowest BCUT2D eigenvalue weighted by Gasteiger charge is -2.27. The lowest BCUT2D eigenvalue weighted by atomic mass is 10.0. The van der Waals surface area contributed by atoms with E-state index in [1.54, 1.807) is 17.8 Å². The minimum absolute atomic E-state index is 0.276. The topological polar surface area (TPSA) is 99.1 Å². The van der Waals surface area contributed by atoms with Gasteiger partial charge >= 0.3 is 0 Å². The smallest absolute Gasteiger partial charge is 0.165 e. The molecule has 0 saturated heterocycles. The first kappa shape index (κ1) is 13.9. The number of hydrogen-bond donors (Lipinski definition) is 2. The van der Waals surface area contributed by atoms with E-state index in [1.807, 2.05) is 0 Å². The van der Waals surface area contributed by atoms with Gasteiger partial charge < -0.3 is 20.1 Å².